The number of carbonyl (C=O) groups excluding carboxylic acids is 1. The van der Waals surface area contributed by atoms with Crippen LogP contribution in [0, 0.1) is 18.6 Å². The number of hydrogen-bond donors (Lipinski definition) is 3. The maximum atomic E-state index is 13.9. The van der Waals surface area contributed by atoms with Crippen LogP contribution in [0.2, 0.25) is 0 Å². The molecule has 0 bridgehead atoms. The predicted molar refractivity (Wildman–Crippen MR) is 114 cm³/mol. The van der Waals surface area contributed by atoms with Gasteiger partial charge in [0.2, 0.25) is 0 Å². The average molecular weight is 441 g/mol. The topological polar surface area (TPSA) is 100 Å². The summed E-state index contributed by atoms with van der Waals surface area (Å²) in [6.45, 7) is 1.65. The number of carbonyl (C=O) groups is 2. The fourth-order valence-electron chi connectivity index (χ4n) is 3.15. The van der Waals surface area contributed by atoms with Crippen LogP contribution in [0.25, 0.3) is 0 Å². The number of rotatable bonds is 7. The van der Waals surface area contributed by atoms with Crippen LogP contribution in [0.5, 0.6) is 0 Å². The molecule has 3 aromatic rings. The molecule has 3 N–H and O–H groups in total. The fourth-order valence-corrected chi connectivity index (χ4v) is 3.15. The van der Waals surface area contributed by atoms with Crippen LogP contribution < -0.4 is 16.2 Å². The lowest BCUT2D eigenvalue weighted by Gasteiger charge is -2.18. The fraction of sp³-hybridized carbons (Fsp3) is 0.174. The van der Waals surface area contributed by atoms with E-state index in [-0.39, 0.29) is 24.2 Å². The van der Waals surface area contributed by atoms with Gasteiger partial charge in [0.15, 0.2) is 0 Å². The molecule has 1 heterocycles. The molecule has 0 spiro atoms. The van der Waals surface area contributed by atoms with Crippen molar-refractivity contribution >= 4 is 17.7 Å². The highest BCUT2D eigenvalue weighted by Gasteiger charge is 2.19. The molecule has 9 heteroatoms. The van der Waals surface area contributed by atoms with E-state index in [4.69, 9.17) is 0 Å². The first-order chi connectivity index (χ1) is 15.2. The van der Waals surface area contributed by atoms with E-state index >= 15 is 0 Å². The number of pyridine rings is 1. The van der Waals surface area contributed by atoms with Crippen LogP contribution in [-0.2, 0) is 11.3 Å². The number of aromatic nitrogens is 1. The minimum absolute atomic E-state index is 0.0189. The smallest absolute Gasteiger partial charge is 0.319 e. The first kappa shape index (κ1) is 22.7. The maximum Gasteiger partial charge on any atom is 0.319 e. The highest BCUT2D eigenvalue weighted by molar-refractivity contribution is 5.89. The summed E-state index contributed by atoms with van der Waals surface area (Å²) < 4.78 is 28.5. The van der Waals surface area contributed by atoms with Gasteiger partial charge in [-0.05, 0) is 42.8 Å². The van der Waals surface area contributed by atoms with Crippen LogP contribution >= 0.6 is 0 Å². The Bertz CT molecular complexity index is 1190. The zero-order valence-corrected chi connectivity index (χ0v) is 17.1. The molecule has 2 aromatic carbocycles. The SMILES string of the molecule is Cc1ccc([C@H](CC(=O)O)NC(=O)Nc2cccn(Cc3cc(F)ccc3F)c2=O)cc1. The summed E-state index contributed by atoms with van der Waals surface area (Å²) in [6.07, 6.45) is 1.03. The van der Waals surface area contributed by atoms with Crippen molar-refractivity contribution in [3.63, 3.8) is 0 Å². The van der Waals surface area contributed by atoms with Crippen LogP contribution in [0.4, 0.5) is 19.3 Å². The van der Waals surface area contributed by atoms with Gasteiger partial charge < -0.3 is 20.3 Å². The average Bonchev–Trinajstić information content (AvgIpc) is 2.73. The third kappa shape index (κ3) is 5.78. The molecule has 32 heavy (non-hydrogen) atoms. The third-order valence-electron chi connectivity index (χ3n) is 4.78. The molecule has 0 unspecified atom stereocenters. The molecular weight excluding hydrogens is 420 g/mol. The molecule has 0 aliphatic rings. The van der Waals surface area contributed by atoms with Crippen molar-refractivity contribution in [1.82, 2.24) is 9.88 Å². The molecule has 1 atom stereocenters. The molecule has 0 aliphatic heterocycles. The van der Waals surface area contributed by atoms with Gasteiger partial charge in [0.05, 0.1) is 19.0 Å². The lowest BCUT2D eigenvalue weighted by Crippen LogP contribution is -2.36. The summed E-state index contributed by atoms with van der Waals surface area (Å²) in [5.74, 6) is -2.40. The Morgan fingerprint density at radius 1 is 1.09 bits per heavy atom. The molecule has 166 valence electrons. The Morgan fingerprint density at radius 3 is 2.50 bits per heavy atom. The number of nitrogens with one attached hydrogen (secondary N) is 2. The number of anilines is 1. The first-order valence-corrected chi connectivity index (χ1v) is 9.72. The summed E-state index contributed by atoms with van der Waals surface area (Å²) in [5.41, 5.74) is 0.831. The highest BCUT2D eigenvalue weighted by Crippen LogP contribution is 2.18. The molecule has 7 nitrogen and oxygen atoms in total. The molecule has 0 radical (unpaired) electrons. The molecule has 3 rings (SSSR count). The third-order valence-corrected chi connectivity index (χ3v) is 4.78. The molecule has 0 aliphatic carbocycles. The zero-order chi connectivity index (χ0) is 23.3. The van der Waals surface area contributed by atoms with E-state index in [0.29, 0.717) is 5.56 Å². The van der Waals surface area contributed by atoms with Gasteiger partial charge in [-0.3, -0.25) is 9.59 Å². The number of benzene rings is 2. The van der Waals surface area contributed by atoms with Crippen LogP contribution in [0.1, 0.15) is 29.2 Å². The molecule has 1 aromatic heterocycles. The van der Waals surface area contributed by atoms with Crippen LogP contribution in [0.15, 0.2) is 65.6 Å². The summed E-state index contributed by atoms with van der Waals surface area (Å²) in [6, 6.07) is 11.2. The summed E-state index contributed by atoms with van der Waals surface area (Å²) in [4.78, 5) is 36.4. The molecule has 0 fully saturated rings. The van der Waals surface area contributed by atoms with Gasteiger partial charge in [-0.15, -0.1) is 0 Å². The highest BCUT2D eigenvalue weighted by atomic mass is 19.1. The molecule has 0 saturated heterocycles. The van der Waals surface area contributed by atoms with Crippen molar-refractivity contribution in [2.45, 2.75) is 25.9 Å². The number of nitrogens with zero attached hydrogens (tertiary/aromatic N) is 1. The molecule has 2 amide bonds. The van der Waals surface area contributed by atoms with Gasteiger partial charge in [0, 0.05) is 11.8 Å². The minimum atomic E-state index is -1.10. The quantitative estimate of drug-likeness (QED) is 0.519. The first-order valence-electron chi connectivity index (χ1n) is 9.72. The number of urea groups is 1. The predicted octanol–water partition coefficient (Wildman–Crippen LogP) is 3.82. The maximum absolute atomic E-state index is 13.9. The zero-order valence-electron chi connectivity index (χ0n) is 17.1. The van der Waals surface area contributed by atoms with E-state index in [0.717, 1.165) is 28.3 Å². The van der Waals surface area contributed by atoms with E-state index < -0.39 is 35.2 Å². The Labute approximate surface area is 182 Å². The number of amides is 2. The number of halogens is 2. The van der Waals surface area contributed by atoms with E-state index in [9.17, 15) is 28.3 Å². The minimum Gasteiger partial charge on any atom is -0.481 e. The Kier molecular flexibility index (Phi) is 6.99. The van der Waals surface area contributed by atoms with Gasteiger partial charge in [-0.25, -0.2) is 13.6 Å². The second-order valence-corrected chi connectivity index (χ2v) is 7.25. The lowest BCUT2D eigenvalue weighted by atomic mass is 10.0. The van der Waals surface area contributed by atoms with Gasteiger partial charge in [-0.2, -0.15) is 0 Å². The van der Waals surface area contributed by atoms with Crippen molar-refractivity contribution in [3.05, 3.63) is 99.5 Å². The van der Waals surface area contributed by atoms with E-state index in [1.54, 1.807) is 24.3 Å². The Balaban J connectivity index is 1.77. The Hall–Kier alpha value is -4.01. The number of carboxylic acid groups (broad SMARTS) is 1. The van der Waals surface area contributed by atoms with Gasteiger partial charge in [0.25, 0.3) is 5.56 Å². The summed E-state index contributed by atoms with van der Waals surface area (Å²) in [7, 11) is 0. The van der Waals surface area contributed by atoms with E-state index in [1.165, 1.54) is 18.3 Å². The van der Waals surface area contributed by atoms with Gasteiger partial charge in [0.1, 0.15) is 17.3 Å². The number of aliphatic carboxylic acids is 1. The van der Waals surface area contributed by atoms with Gasteiger partial charge in [-0.1, -0.05) is 29.8 Å². The van der Waals surface area contributed by atoms with Crippen LogP contribution in [-0.4, -0.2) is 21.7 Å². The normalized spacial score (nSPS) is 11.6. The van der Waals surface area contributed by atoms with Crippen molar-refractivity contribution in [2.75, 3.05) is 5.32 Å². The summed E-state index contributed by atoms with van der Waals surface area (Å²) in [5, 5.41) is 14.1. The molecule has 0 saturated carbocycles. The lowest BCUT2D eigenvalue weighted by molar-refractivity contribution is -0.137. The Morgan fingerprint density at radius 2 is 1.81 bits per heavy atom. The van der Waals surface area contributed by atoms with E-state index in [1.807, 2.05) is 6.92 Å². The van der Waals surface area contributed by atoms with Crippen molar-refractivity contribution in [1.29, 1.82) is 0 Å². The molecular formula is C23H21F2N3O4. The van der Waals surface area contributed by atoms with Gasteiger partial charge >= 0.3 is 12.0 Å². The number of hydrogen-bond acceptors (Lipinski definition) is 3. The second kappa shape index (κ2) is 9.86. The van der Waals surface area contributed by atoms with E-state index in [2.05, 4.69) is 10.6 Å². The van der Waals surface area contributed by atoms with Crippen molar-refractivity contribution in [2.24, 2.45) is 0 Å². The van der Waals surface area contributed by atoms with Crippen LogP contribution in [0.3, 0.4) is 0 Å². The monoisotopic (exact) mass is 441 g/mol. The number of aryl methyl sites for hydroxylation is 1. The second-order valence-electron chi connectivity index (χ2n) is 7.25. The van der Waals surface area contributed by atoms with Crippen molar-refractivity contribution < 1.29 is 23.5 Å². The standard InChI is InChI=1S/C23H21F2N3O4/c1-14-4-6-15(7-5-14)20(12-21(29)30)27-23(32)26-19-3-2-10-28(22(19)31)13-16-11-17(24)8-9-18(16)25/h2-11,20H,12-13H2,1H3,(H,29,30)(H2,26,27,32)/t20-/m0/s1. The largest absolute Gasteiger partial charge is 0.481 e. The summed E-state index contributed by atoms with van der Waals surface area (Å²) >= 11 is 0. The number of carboxylic acids is 1. The van der Waals surface area contributed by atoms with Crippen molar-refractivity contribution in [3.8, 4) is 0 Å².